The van der Waals surface area contributed by atoms with Crippen LogP contribution in [0.1, 0.15) is 32.6 Å². The zero-order chi connectivity index (χ0) is 17.9. The van der Waals surface area contributed by atoms with Gasteiger partial charge in [0.25, 0.3) is 0 Å². The van der Waals surface area contributed by atoms with Crippen LogP contribution in [-0.2, 0) is 4.79 Å². The van der Waals surface area contributed by atoms with Crippen molar-refractivity contribution in [1.82, 2.24) is 0 Å². The van der Waals surface area contributed by atoms with Crippen LogP contribution >= 0.6 is 0 Å². The van der Waals surface area contributed by atoms with Crippen LogP contribution in [0.15, 0.2) is 61.2 Å². The Balaban J connectivity index is 1.82. The fraction of sp³-hybridized carbons (Fsp3) is 0.286. The molecule has 0 N–H and O–H groups in total. The molecule has 0 saturated heterocycles. The lowest BCUT2D eigenvalue weighted by Gasteiger charge is -2.09. The van der Waals surface area contributed by atoms with E-state index in [4.69, 9.17) is 14.2 Å². The van der Waals surface area contributed by atoms with Gasteiger partial charge in [-0.05, 0) is 55.0 Å². The van der Waals surface area contributed by atoms with Crippen LogP contribution in [0.25, 0.3) is 0 Å². The Labute approximate surface area is 149 Å². The van der Waals surface area contributed by atoms with Crippen LogP contribution in [0, 0.1) is 0 Å². The average Bonchev–Trinajstić information content (AvgIpc) is 2.64. The van der Waals surface area contributed by atoms with Crippen LogP contribution in [0.3, 0.4) is 0 Å². The van der Waals surface area contributed by atoms with Crippen molar-refractivity contribution >= 4 is 5.97 Å². The Morgan fingerprint density at radius 1 is 0.880 bits per heavy atom. The Hall–Kier alpha value is -2.75. The molecule has 25 heavy (non-hydrogen) atoms. The van der Waals surface area contributed by atoms with Crippen LogP contribution in [0.5, 0.6) is 23.0 Å². The maximum atomic E-state index is 11.1. The number of esters is 1. The van der Waals surface area contributed by atoms with Crippen molar-refractivity contribution in [2.24, 2.45) is 0 Å². The van der Waals surface area contributed by atoms with Gasteiger partial charge >= 0.3 is 5.97 Å². The van der Waals surface area contributed by atoms with E-state index in [0.717, 1.165) is 24.9 Å². The maximum Gasteiger partial charge on any atom is 0.335 e. The van der Waals surface area contributed by atoms with Gasteiger partial charge in [0.2, 0.25) is 0 Å². The van der Waals surface area contributed by atoms with Gasteiger partial charge in [-0.25, -0.2) is 4.79 Å². The number of hydrogen-bond acceptors (Lipinski definition) is 4. The van der Waals surface area contributed by atoms with Gasteiger partial charge in [-0.1, -0.05) is 32.8 Å². The predicted molar refractivity (Wildman–Crippen MR) is 98.4 cm³/mol. The van der Waals surface area contributed by atoms with Crippen molar-refractivity contribution in [3.63, 3.8) is 0 Å². The minimum absolute atomic E-state index is 0.448. The lowest BCUT2D eigenvalue weighted by molar-refractivity contribution is -0.128. The second-order valence-corrected chi connectivity index (χ2v) is 5.58. The molecule has 0 aromatic heterocycles. The van der Waals surface area contributed by atoms with Crippen molar-refractivity contribution in [3.8, 4) is 23.0 Å². The van der Waals surface area contributed by atoms with Gasteiger partial charge in [-0.3, -0.25) is 0 Å². The van der Waals surface area contributed by atoms with Gasteiger partial charge < -0.3 is 14.2 Å². The van der Waals surface area contributed by atoms with E-state index in [1.807, 2.05) is 24.3 Å². The van der Waals surface area contributed by atoms with E-state index in [9.17, 15) is 4.79 Å². The molecule has 2 rings (SSSR count). The molecule has 4 nitrogen and oxygen atoms in total. The third-order valence-electron chi connectivity index (χ3n) is 3.53. The number of carbonyl (C=O) groups is 1. The number of unbranched alkanes of at least 4 members (excludes halogenated alkanes) is 3. The van der Waals surface area contributed by atoms with Crippen LogP contribution in [0.4, 0.5) is 0 Å². The molecular weight excluding hydrogens is 316 g/mol. The highest BCUT2D eigenvalue weighted by Crippen LogP contribution is 2.25. The first-order chi connectivity index (χ1) is 12.2. The largest absolute Gasteiger partial charge is 0.494 e. The first-order valence-corrected chi connectivity index (χ1v) is 8.56. The van der Waals surface area contributed by atoms with Crippen molar-refractivity contribution in [3.05, 3.63) is 61.2 Å². The summed E-state index contributed by atoms with van der Waals surface area (Å²) in [6.45, 7) is 6.30. The predicted octanol–water partition coefficient (Wildman–Crippen LogP) is 5.53. The molecule has 0 aliphatic rings. The molecule has 0 spiro atoms. The summed E-state index contributed by atoms with van der Waals surface area (Å²) in [5.41, 5.74) is 0. The van der Waals surface area contributed by atoms with Crippen molar-refractivity contribution in [2.45, 2.75) is 32.6 Å². The topological polar surface area (TPSA) is 44.8 Å². The number of ether oxygens (including phenoxy) is 3. The molecule has 0 heterocycles. The summed E-state index contributed by atoms with van der Waals surface area (Å²) in [4.78, 5) is 11.1. The molecule has 0 fully saturated rings. The Morgan fingerprint density at radius 2 is 1.44 bits per heavy atom. The van der Waals surface area contributed by atoms with Gasteiger partial charge in [0.1, 0.15) is 23.0 Å². The Morgan fingerprint density at radius 3 is 2.00 bits per heavy atom. The third kappa shape index (κ3) is 6.71. The van der Waals surface area contributed by atoms with Crippen molar-refractivity contribution in [1.29, 1.82) is 0 Å². The molecule has 0 amide bonds. The standard InChI is InChI=1S/C21H24O4/c1-3-5-6-7-16-23-17-8-10-18(11-9-17)24-19-12-14-20(15-13-19)25-21(22)4-2/h4,8-15H,2-3,5-7,16H2,1H3. The molecule has 0 aliphatic carbocycles. The zero-order valence-corrected chi connectivity index (χ0v) is 14.6. The fourth-order valence-corrected chi connectivity index (χ4v) is 2.19. The number of hydrogen-bond donors (Lipinski definition) is 0. The molecule has 0 aliphatic heterocycles. The molecule has 0 atom stereocenters. The summed E-state index contributed by atoms with van der Waals surface area (Å²) in [7, 11) is 0. The van der Waals surface area contributed by atoms with E-state index >= 15 is 0 Å². The molecule has 2 aromatic rings. The minimum atomic E-state index is -0.487. The minimum Gasteiger partial charge on any atom is -0.494 e. The normalized spacial score (nSPS) is 10.1. The first kappa shape index (κ1) is 18.6. The van der Waals surface area contributed by atoms with Crippen molar-refractivity contribution in [2.75, 3.05) is 6.61 Å². The van der Waals surface area contributed by atoms with E-state index in [-0.39, 0.29) is 0 Å². The van der Waals surface area contributed by atoms with Crippen molar-refractivity contribution < 1.29 is 19.0 Å². The monoisotopic (exact) mass is 340 g/mol. The van der Waals surface area contributed by atoms with Crippen LogP contribution in [-0.4, -0.2) is 12.6 Å². The number of benzene rings is 2. The van der Waals surface area contributed by atoms with E-state index < -0.39 is 5.97 Å². The summed E-state index contributed by atoms with van der Waals surface area (Å²) in [5, 5.41) is 0. The van der Waals surface area contributed by atoms with Crippen LogP contribution in [0.2, 0.25) is 0 Å². The fourth-order valence-electron chi connectivity index (χ4n) is 2.19. The third-order valence-corrected chi connectivity index (χ3v) is 3.53. The van der Waals surface area contributed by atoms with Crippen LogP contribution < -0.4 is 14.2 Å². The smallest absolute Gasteiger partial charge is 0.335 e. The summed E-state index contributed by atoms with van der Waals surface area (Å²) in [6.07, 6.45) is 5.88. The molecule has 132 valence electrons. The van der Waals surface area contributed by atoms with Gasteiger partial charge in [-0.2, -0.15) is 0 Å². The summed E-state index contributed by atoms with van der Waals surface area (Å²) < 4.78 is 16.5. The SMILES string of the molecule is C=CC(=O)Oc1ccc(Oc2ccc(OCCCCCC)cc2)cc1. The number of carbonyl (C=O) groups excluding carboxylic acids is 1. The summed E-state index contributed by atoms with van der Waals surface area (Å²) >= 11 is 0. The average molecular weight is 340 g/mol. The van der Waals surface area contributed by atoms with Gasteiger partial charge in [-0.15, -0.1) is 0 Å². The maximum absolute atomic E-state index is 11.1. The Kier molecular flexibility index (Phi) is 7.57. The van der Waals surface area contributed by atoms with E-state index in [2.05, 4.69) is 13.5 Å². The number of rotatable bonds is 10. The van der Waals surface area contributed by atoms with Gasteiger partial charge in [0.15, 0.2) is 0 Å². The molecule has 0 radical (unpaired) electrons. The van der Waals surface area contributed by atoms with E-state index in [1.54, 1.807) is 24.3 Å². The molecule has 2 aromatic carbocycles. The first-order valence-electron chi connectivity index (χ1n) is 8.56. The summed E-state index contributed by atoms with van der Waals surface area (Å²) in [5.74, 6) is 2.18. The highest BCUT2D eigenvalue weighted by molar-refractivity contribution is 5.83. The zero-order valence-electron chi connectivity index (χ0n) is 14.6. The molecule has 0 bridgehead atoms. The Bertz CT molecular complexity index is 659. The molecule has 0 saturated carbocycles. The lowest BCUT2D eigenvalue weighted by atomic mass is 10.2. The highest BCUT2D eigenvalue weighted by Gasteiger charge is 2.02. The summed E-state index contributed by atoms with van der Waals surface area (Å²) in [6, 6.07) is 14.4. The van der Waals surface area contributed by atoms with Gasteiger partial charge in [0, 0.05) is 6.08 Å². The highest BCUT2D eigenvalue weighted by atomic mass is 16.5. The quantitative estimate of drug-likeness (QED) is 0.247. The molecule has 0 unspecified atom stereocenters. The molecule has 4 heteroatoms. The van der Waals surface area contributed by atoms with Gasteiger partial charge in [0.05, 0.1) is 6.61 Å². The van der Waals surface area contributed by atoms with E-state index in [0.29, 0.717) is 17.2 Å². The van der Waals surface area contributed by atoms with E-state index in [1.165, 1.54) is 19.3 Å². The lowest BCUT2D eigenvalue weighted by Crippen LogP contribution is -2.02. The second-order valence-electron chi connectivity index (χ2n) is 5.58. The molecular formula is C21H24O4. The second kappa shape index (κ2) is 10.2.